The standard InChI is InChI=1S/C15H13FO2/c1-10(17)11-6-7-15(18-2)14(9-11)12-4-3-5-13(16)8-12/h3-9H,1-2H3. The predicted molar refractivity (Wildman–Crippen MR) is 68.4 cm³/mol. The molecule has 0 radical (unpaired) electrons. The Labute approximate surface area is 105 Å². The lowest BCUT2D eigenvalue weighted by molar-refractivity contribution is 0.101. The molecule has 0 fully saturated rings. The Morgan fingerprint density at radius 1 is 1.17 bits per heavy atom. The number of carbonyl (C=O) groups excluding carboxylic acids is 1. The van der Waals surface area contributed by atoms with Gasteiger partial charge in [0, 0.05) is 11.1 Å². The maximum Gasteiger partial charge on any atom is 0.159 e. The Balaban J connectivity index is 2.60. The summed E-state index contributed by atoms with van der Waals surface area (Å²) in [6.45, 7) is 1.50. The quantitative estimate of drug-likeness (QED) is 0.769. The monoisotopic (exact) mass is 244 g/mol. The molecule has 0 saturated heterocycles. The Morgan fingerprint density at radius 3 is 2.56 bits per heavy atom. The third-order valence-electron chi connectivity index (χ3n) is 2.74. The molecule has 2 rings (SSSR count). The van der Waals surface area contributed by atoms with E-state index >= 15 is 0 Å². The number of hydrogen-bond acceptors (Lipinski definition) is 2. The molecule has 18 heavy (non-hydrogen) atoms. The van der Waals surface area contributed by atoms with Crippen LogP contribution in [0.25, 0.3) is 11.1 Å². The SMILES string of the molecule is COc1ccc(C(C)=O)cc1-c1cccc(F)c1. The van der Waals surface area contributed by atoms with E-state index in [0.717, 1.165) is 0 Å². The summed E-state index contributed by atoms with van der Waals surface area (Å²) in [4.78, 5) is 11.4. The number of hydrogen-bond donors (Lipinski definition) is 0. The van der Waals surface area contributed by atoms with Gasteiger partial charge in [0.15, 0.2) is 5.78 Å². The lowest BCUT2D eigenvalue weighted by Gasteiger charge is -2.10. The van der Waals surface area contributed by atoms with E-state index in [1.165, 1.54) is 19.1 Å². The van der Waals surface area contributed by atoms with E-state index in [0.29, 0.717) is 22.4 Å². The van der Waals surface area contributed by atoms with Crippen LogP contribution in [-0.4, -0.2) is 12.9 Å². The minimum atomic E-state index is -0.317. The maximum atomic E-state index is 13.2. The van der Waals surface area contributed by atoms with E-state index < -0.39 is 0 Å². The summed E-state index contributed by atoms with van der Waals surface area (Å²) in [5, 5.41) is 0. The molecule has 0 aromatic heterocycles. The minimum Gasteiger partial charge on any atom is -0.496 e. The van der Waals surface area contributed by atoms with Crippen LogP contribution in [0.4, 0.5) is 4.39 Å². The van der Waals surface area contributed by atoms with Crippen LogP contribution in [-0.2, 0) is 0 Å². The summed E-state index contributed by atoms with van der Waals surface area (Å²) in [5.41, 5.74) is 1.98. The van der Waals surface area contributed by atoms with E-state index in [-0.39, 0.29) is 11.6 Å². The van der Waals surface area contributed by atoms with Gasteiger partial charge in [-0.05, 0) is 42.8 Å². The molecule has 0 heterocycles. The van der Waals surface area contributed by atoms with Crippen LogP contribution in [0.2, 0.25) is 0 Å². The third-order valence-corrected chi connectivity index (χ3v) is 2.74. The lowest BCUT2D eigenvalue weighted by atomic mass is 10.0. The maximum absolute atomic E-state index is 13.2. The van der Waals surface area contributed by atoms with Crippen molar-refractivity contribution in [1.82, 2.24) is 0 Å². The van der Waals surface area contributed by atoms with Crippen molar-refractivity contribution in [3.05, 3.63) is 53.8 Å². The molecule has 2 aromatic rings. The van der Waals surface area contributed by atoms with E-state index in [1.54, 1.807) is 37.4 Å². The minimum absolute atomic E-state index is 0.0321. The zero-order valence-electron chi connectivity index (χ0n) is 10.2. The molecular weight excluding hydrogens is 231 g/mol. The lowest BCUT2D eigenvalue weighted by Crippen LogP contribution is -1.95. The molecule has 0 bridgehead atoms. The Hall–Kier alpha value is -2.16. The molecule has 0 aliphatic heterocycles. The molecule has 2 nitrogen and oxygen atoms in total. The van der Waals surface area contributed by atoms with Crippen molar-refractivity contribution in [1.29, 1.82) is 0 Å². The average Bonchev–Trinajstić information content (AvgIpc) is 2.38. The van der Waals surface area contributed by atoms with Crippen molar-refractivity contribution in [3.8, 4) is 16.9 Å². The first-order chi connectivity index (χ1) is 8.61. The molecule has 0 aliphatic carbocycles. The number of benzene rings is 2. The normalized spacial score (nSPS) is 10.2. The summed E-state index contributed by atoms with van der Waals surface area (Å²) < 4.78 is 18.5. The van der Waals surface area contributed by atoms with Crippen LogP contribution in [0.3, 0.4) is 0 Å². The van der Waals surface area contributed by atoms with Gasteiger partial charge < -0.3 is 4.74 Å². The Kier molecular flexibility index (Phi) is 3.42. The fraction of sp³-hybridized carbons (Fsp3) is 0.133. The van der Waals surface area contributed by atoms with Gasteiger partial charge in [0.05, 0.1) is 7.11 Å². The number of ether oxygens (including phenoxy) is 1. The van der Waals surface area contributed by atoms with Crippen LogP contribution < -0.4 is 4.74 Å². The second kappa shape index (κ2) is 5.00. The zero-order chi connectivity index (χ0) is 13.1. The number of Topliss-reactive ketones (excluding diaryl/α,β-unsaturated/α-hetero) is 1. The molecule has 3 heteroatoms. The summed E-state index contributed by atoms with van der Waals surface area (Å²) >= 11 is 0. The van der Waals surface area contributed by atoms with E-state index in [1.807, 2.05) is 0 Å². The second-order valence-electron chi connectivity index (χ2n) is 3.98. The average molecular weight is 244 g/mol. The number of ketones is 1. The summed E-state index contributed by atoms with van der Waals surface area (Å²) in [6, 6.07) is 11.3. The van der Waals surface area contributed by atoms with Crippen LogP contribution >= 0.6 is 0 Å². The smallest absolute Gasteiger partial charge is 0.159 e. The van der Waals surface area contributed by atoms with Gasteiger partial charge in [-0.2, -0.15) is 0 Å². The van der Waals surface area contributed by atoms with Gasteiger partial charge >= 0.3 is 0 Å². The predicted octanol–water partition coefficient (Wildman–Crippen LogP) is 3.70. The molecule has 2 aromatic carbocycles. The number of carbonyl (C=O) groups is 1. The first-order valence-electron chi connectivity index (χ1n) is 5.56. The third kappa shape index (κ3) is 2.40. The molecule has 0 amide bonds. The number of halogens is 1. The van der Waals surface area contributed by atoms with Crippen molar-refractivity contribution >= 4 is 5.78 Å². The molecule has 0 atom stereocenters. The van der Waals surface area contributed by atoms with Gasteiger partial charge in [-0.1, -0.05) is 12.1 Å². The summed E-state index contributed by atoms with van der Waals surface area (Å²) in [7, 11) is 1.55. The Bertz CT molecular complexity index is 591. The number of rotatable bonds is 3. The molecule has 0 unspecified atom stereocenters. The van der Waals surface area contributed by atoms with Crippen molar-refractivity contribution in [3.63, 3.8) is 0 Å². The highest BCUT2D eigenvalue weighted by atomic mass is 19.1. The van der Waals surface area contributed by atoms with E-state index in [2.05, 4.69) is 0 Å². The molecule has 0 aliphatic rings. The van der Waals surface area contributed by atoms with Crippen molar-refractivity contribution in [2.45, 2.75) is 6.92 Å². The first-order valence-corrected chi connectivity index (χ1v) is 5.56. The highest BCUT2D eigenvalue weighted by Crippen LogP contribution is 2.31. The van der Waals surface area contributed by atoms with Gasteiger partial charge in [0.2, 0.25) is 0 Å². The van der Waals surface area contributed by atoms with Gasteiger partial charge in [-0.15, -0.1) is 0 Å². The van der Waals surface area contributed by atoms with Crippen LogP contribution in [0.5, 0.6) is 5.75 Å². The molecule has 0 N–H and O–H groups in total. The largest absolute Gasteiger partial charge is 0.496 e. The molecule has 92 valence electrons. The molecule has 0 saturated carbocycles. The fourth-order valence-corrected chi connectivity index (χ4v) is 1.81. The van der Waals surface area contributed by atoms with E-state index in [4.69, 9.17) is 4.74 Å². The summed E-state index contributed by atoms with van der Waals surface area (Å²) in [6.07, 6.45) is 0. The second-order valence-corrected chi connectivity index (χ2v) is 3.98. The van der Waals surface area contributed by atoms with Gasteiger partial charge in [-0.3, -0.25) is 4.79 Å². The van der Waals surface area contributed by atoms with Gasteiger partial charge in [-0.25, -0.2) is 4.39 Å². The molecular formula is C15H13FO2. The highest BCUT2D eigenvalue weighted by molar-refractivity contribution is 5.96. The van der Waals surface area contributed by atoms with Crippen LogP contribution in [0, 0.1) is 5.82 Å². The summed E-state index contributed by atoms with van der Waals surface area (Å²) in [5.74, 6) is 0.267. The van der Waals surface area contributed by atoms with Crippen LogP contribution in [0.1, 0.15) is 17.3 Å². The number of methoxy groups -OCH3 is 1. The molecule has 0 spiro atoms. The highest BCUT2D eigenvalue weighted by Gasteiger charge is 2.09. The van der Waals surface area contributed by atoms with Crippen molar-refractivity contribution < 1.29 is 13.9 Å². The topological polar surface area (TPSA) is 26.3 Å². The van der Waals surface area contributed by atoms with Crippen LogP contribution in [0.15, 0.2) is 42.5 Å². The van der Waals surface area contributed by atoms with Crippen molar-refractivity contribution in [2.75, 3.05) is 7.11 Å². The fourth-order valence-electron chi connectivity index (χ4n) is 1.81. The first kappa shape index (κ1) is 12.3. The van der Waals surface area contributed by atoms with Crippen molar-refractivity contribution in [2.24, 2.45) is 0 Å². The van der Waals surface area contributed by atoms with Gasteiger partial charge in [0.25, 0.3) is 0 Å². The zero-order valence-corrected chi connectivity index (χ0v) is 10.2. The van der Waals surface area contributed by atoms with E-state index in [9.17, 15) is 9.18 Å². The van der Waals surface area contributed by atoms with Gasteiger partial charge in [0.1, 0.15) is 11.6 Å². The Morgan fingerprint density at radius 2 is 1.94 bits per heavy atom.